The molecule has 2 heterocycles. The van der Waals surface area contributed by atoms with Gasteiger partial charge in [-0.1, -0.05) is 23.7 Å². The first-order valence-electron chi connectivity index (χ1n) is 8.50. The predicted molar refractivity (Wildman–Crippen MR) is 101 cm³/mol. The van der Waals surface area contributed by atoms with Gasteiger partial charge in [0.15, 0.2) is 0 Å². The minimum atomic E-state index is -4.87. The van der Waals surface area contributed by atoms with Crippen LogP contribution >= 0.6 is 11.6 Å². The average molecular weight is 444 g/mol. The first kappa shape index (κ1) is 21.5. The van der Waals surface area contributed by atoms with Crippen molar-refractivity contribution in [1.29, 1.82) is 0 Å². The zero-order valence-corrected chi connectivity index (χ0v) is 16.1. The Balaban J connectivity index is 1.84. The average Bonchev–Trinajstić information content (AvgIpc) is 2.67. The van der Waals surface area contributed by atoms with Gasteiger partial charge in [0.2, 0.25) is 0 Å². The number of aliphatic imine (C=N–C) groups is 1. The number of nitrogens with zero attached hydrogens (tertiary/aromatic N) is 4. The molecule has 3 rings (SSSR count). The van der Waals surface area contributed by atoms with Crippen LogP contribution in [0.2, 0.25) is 0 Å². The minimum absolute atomic E-state index is 0.115. The van der Waals surface area contributed by atoms with Crippen molar-refractivity contribution in [3.63, 3.8) is 0 Å². The maximum atomic E-state index is 14.3. The van der Waals surface area contributed by atoms with Crippen LogP contribution in [0.25, 0.3) is 0 Å². The Morgan fingerprint density at radius 2 is 2.07 bits per heavy atom. The van der Waals surface area contributed by atoms with Crippen molar-refractivity contribution in [2.75, 3.05) is 11.6 Å². The molecule has 0 bridgehead atoms. The van der Waals surface area contributed by atoms with E-state index in [-0.39, 0.29) is 23.0 Å². The second-order valence-electron chi connectivity index (χ2n) is 6.24. The highest BCUT2D eigenvalue weighted by molar-refractivity contribution is 6.30. The number of nitrogens with one attached hydrogen (secondary N) is 1. The molecule has 2 aromatic rings. The number of carbonyl (C=O) groups is 1. The van der Waals surface area contributed by atoms with Gasteiger partial charge in [0.25, 0.3) is 11.5 Å². The zero-order chi connectivity index (χ0) is 22.1. The van der Waals surface area contributed by atoms with Gasteiger partial charge in [0.1, 0.15) is 16.7 Å². The first-order chi connectivity index (χ1) is 14.1. The second-order valence-corrected chi connectivity index (χ2v) is 6.63. The normalized spacial score (nSPS) is 15.0. The Labute approximate surface area is 172 Å². The molecule has 158 valence electrons. The molecule has 1 atom stereocenters. The number of amides is 1. The van der Waals surface area contributed by atoms with Crippen LogP contribution in [0.4, 0.5) is 17.6 Å². The highest BCUT2D eigenvalue weighted by Crippen LogP contribution is 2.33. The molecule has 0 spiro atoms. The molecular formula is C18H14ClF4N5O2. The van der Waals surface area contributed by atoms with Gasteiger partial charge < -0.3 is 5.32 Å². The quantitative estimate of drug-likeness (QED) is 0.582. The minimum Gasteiger partial charge on any atom is -0.344 e. The largest absolute Gasteiger partial charge is 0.419 e. The lowest BCUT2D eigenvalue weighted by Crippen LogP contribution is -2.41. The molecule has 7 nitrogen and oxygen atoms in total. The van der Waals surface area contributed by atoms with Crippen LogP contribution in [0.5, 0.6) is 0 Å². The van der Waals surface area contributed by atoms with Crippen molar-refractivity contribution in [3.05, 3.63) is 74.9 Å². The third-order valence-corrected chi connectivity index (χ3v) is 4.38. The van der Waals surface area contributed by atoms with Crippen molar-refractivity contribution in [1.82, 2.24) is 15.0 Å². The van der Waals surface area contributed by atoms with Gasteiger partial charge in [-0.2, -0.15) is 13.2 Å². The summed E-state index contributed by atoms with van der Waals surface area (Å²) in [4.78, 5) is 32.2. The molecule has 1 N–H and O–H groups in total. The Bertz CT molecular complexity index is 1100. The number of aromatic nitrogens is 2. The smallest absolute Gasteiger partial charge is 0.344 e. The van der Waals surface area contributed by atoms with E-state index in [9.17, 15) is 27.2 Å². The second kappa shape index (κ2) is 8.27. The molecule has 30 heavy (non-hydrogen) atoms. The van der Waals surface area contributed by atoms with Gasteiger partial charge in [-0.3, -0.25) is 14.6 Å². The Hall–Kier alpha value is -3.21. The van der Waals surface area contributed by atoms with Gasteiger partial charge in [-0.05, 0) is 13.0 Å². The number of hydrogen-bond acceptors (Lipinski definition) is 5. The number of carbonyl (C=O) groups excluding carboxylic acids is 1. The third kappa shape index (κ3) is 4.51. The van der Waals surface area contributed by atoms with E-state index in [0.29, 0.717) is 6.07 Å². The van der Waals surface area contributed by atoms with Gasteiger partial charge >= 0.3 is 6.18 Å². The molecule has 0 fully saturated rings. The molecule has 0 radical (unpaired) electrons. The van der Waals surface area contributed by atoms with E-state index in [1.54, 1.807) is 0 Å². The molecule has 0 unspecified atom stereocenters. The molecule has 0 saturated carbocycles. The summed E-state index contributed by atoms with van der Waals surface area (Å²) < 4.78 is 54.1. The summed E-state index contributed by atoms with van der Waals surface area (Å²) in [5, 5.41) is 3.88. The molecule has 12 heteroatoms. The summed E-state index contributed by atoms with van der Waals surface area (Å²) in [6.45, 7) is 1.53. The maximum absolute atomic E-state index is 14.3. The van der Waals surface area contributed by atoms with E-state index >= 15 is 0 Å². The Morgan fingerprint density at radius 3 is 2.73 bits per heavy atom. The van der Waals surface area contributed by atoms with Gasteiger partial charge in [0, 0.05) is 11.8 Å². The molecule has 0 aliphatic carbocycles. The van der Waals surface area contributed by atoms with Crippen molar-refractivity contribution in [2.45, 2.75) is 19.1 Å². The maximum Gasteiger partial charge on any atom is 0.419 e. The fourth-order valence-electron chi connectivity index (χ4n) is 2.74. The number of benzene rings is 1. The van der Waals surface area contributed by atoms with E-state index in [0.717, 1.165) is 29.2 Å². The molecule has 1 amide bonds. The van der Waals surface area contributed by atoms with Crippen LogP contribution in [-0.2, 0) is 6.18 Å². The summed E-state index contributed by atoms with van der Waals surface area (Å²) in [5.74, 6) is -2.28. The summed E-state index contributed by atoms with van der Waals surface area (Å²) in [6.07, 6.45) is -0.0171. The van der Waals surface area contributed by atoms with Crippen molar-refractivity contribution >= 4 is 23.7 Å². The standard InChI is InChI=1S/C18H14ClF4N5O2/c1-10(11-3-2-4-12(16(11)20)18(21,22)23)26-17(30)13-8-28(15(29)7-25-13)27-6-5-24-14(19)9-27/h2-5,7-10H,6H2,1H3,(H,26,30)/t10-/m1/s1. The van der Waals surface area contributed by atoms with Gasteiger partial charge in [-0.15, -0.1) is 0 Å². The third-order valence-electron chi connectivity index (χ3n) is 4.18. The monoisotopic (exact) mass is 443 g/mol. The van der Waals surface area contributed by atoms with Gasteiger partial charge in [0.05, 0.1) is 36.7 Å². The topological polar surface area (TPSA) is 79.6 Å². The summed E-state index contributed by atoms with van der Waals surface area (Å²) >= 11 is 5.81. The zero-order valence-electron chi connectivity index (χ0n) is 15.3. The fourth-order valence-corrected chi connectivity index (χ4v) is 2.92. The lowest BCUT2D eigenvalue weighted by Gasteiger charge is -2.23. The Morgan fingerprint density at radius 1 is 1.33 bits per heavy atom. The molecule has 1 aliphatic rings. The summed E-state index contributed by atoms with van der Waals surface area (Å²) in [5.41, 5.74) is -2.53. The number of halogens is 5. The van der Waals surface area contributed by atoms with E-state index < -0.39 is 35.1 Å². The van der Waals surface area contributed by atoms with Crippen LogP contribution in [0, 0.1) is 5.82 Å². The van der Waals surface area contributed by atoms with Crippen molar-refractivity contribution in [2.24, 2.45) is 4.99 Å². The van der Waals surface area contributed by atoms with Crippen LogP contribution in [-0.4, -0.2) is 28.3 Å². The lowest BCUT2D eigenvalue weighted by molar-refractivity contribution is -0.140. The number of hydrogen-bond donors (Lipinski definition) is 1. The molecule has 1 aliphatic heterocycles. The summed E-state index contributed by atoms with van der Waals surface area (Å²) in [7, 11) is 0. The fraction of sp³-hybridized carbons (Fsp3) is 0.222. The Kier molecular flexibility index (Phi) is 5.92. The number of alkyl halides is 3. The first-order valence-corrected chi connectivity index (χ1v) is 8.87. The predicted octanol–water partition coefficient (Wildman–Crippen LogP) is 2.95. The van der Waals surface area contributed by atoms with Crippen LogP contribution in [0.3, 0.4) is 0 Å². The number of rotatable bonds is 4. The van der Waals surface area contributed by atoms with E-state index in [1.165, 1.54) is 24.3 Å². The van der Waals surface area contributed by atoms with Gasteiger partial charge in [-0.25, -0.2) is 19.0 Å². The van der Waals surface area contributed by atoms with Crippen LogP contribution < -0.4 is 15.9 Å². The lowest BCUT2D eigenvalue weighted by atomic mass is 10.0. The van der Waals surface area contributed by atoms with E-state index in [1.807, 2.05) is 0 Å². The molecule has 1 aromatic carbocycles. The van der Waals surface area contributed by atoms with E-state index in [2.05, 4.69) is 15.3 Å². The highest BCUT2D eigenvalue weighted by atomic mass is 35.5. The van der Waals surface area contributed by atoms with Crippen molar-refractivity contribution < 1.29 is 22.4 Å². The molecule has 0 saturated heterocycles. The molecule has 1 aromatic heterocycles. The summed E-state index contributed by atoms with van der Waals surface area (Å²) in [6, 6.07) is 1.71. The van der Waals surface area contributed by atoms with Crippen molar-refractivity contribution in [3.8, 4) is 0 Å². The van der Waals surface area contributed by atoms with Crippen LogP contribution in [0.15, 0.2) is 51.7 Å². The van der Waals surface area contributed by atoms with Crippen LogP contribution in [0.1, 0.15) is 34.6 Å². The highest BCUT2D eigenvalue weighted by Gasteiger charge is 2.35. The SMILES string of the molecule is C[C@@H](NC(=O)c1cn(N2C=C(Cl)N=CC2)c(=O)cn1)c1cccc(C(F)(F)F)c1F. The van der Waals surface area contributed by atoms with E-state index in [4.69, 9.17) is 11.6 Å². The molecular weight excluding hydrogens is 430 g/mol.